The van der Waals surface area contributed by atoms with Crippen molar-refractivity contribution in [2.24, 2.45) is 5.92 Å². The van der Waals surface area contributed by atoms with Gasteiger partial charge in [0.25, 0.3) is 0 Å². The minimum Gasteiger partial charge on any atom is -0.493 e. The molecule has 178 valence electrons. The summed E-state index contributed by atoms with van der Waals surface area (Å²) in [5.41, 5.74) is 5.86. The highest BCUT2D eigenvalue weighted by Gasteiger charge is 2.44. The third-order valence-corrected chi connectivity index (χ3v) is 6.54. The van der Waals surface area contributed by atoms with E-state index in [2.05, 4.69) is 51.1 Å². The summed E-state index contributed by atoms with van der Waals surface area (Å²) in [6.07, 6.45) is 1.83. The smallest absolute Gasteiger partial charge is 0.228 e. The number of carbonyl (C=O) groups excluding carboxylic acids is 1. The van der Waals surface area contributed by atoms with Gasteiger partial charge in [0.1, 0.15) is 0 Å². The zero-order chi connectivity index (χ0) is 24.4. The van der Waals surface area contributed by atoms with Crippen LogP contribution in [0.25, 0.3) is 22.5 Å². The third-order valence-electron chi connectivity index (χ3n) is 6.54. The van der Waals surface area contributed by atoms with E-state index in [9.17, 15) is 4.79 Å². The van der Waals surface area contributed by atoms with Crippen LogP contribution >= 0.6 is 0 Å². The Balaban J connectivity index is 1.42. The number of ether oxygens (including phenoxy) is 2. The molecule has 1 aliphatic carbocycles. The molecule has 1 saturated carbocycles. The highest BCUT2D eigenvalue weighted by atomic mass is 16.5. The van der Waals surface area contributed by atoms with E-state index in [0.717, 1.165) is 29.5 Å². The van der Waals surface area contributed by atoms with E-state index >= 15 is 0 Å². The molecule has 0 aliphatic heterocycles. The number of hydrogen-bond donors (Lipinski definition) is 2. The first-order valence-corrected chi connectivity index (χ1v) is 11.6. The number of anilines is 1. The van der Waals surface area contributed by atoms with Gasteiger partial charge in [0.2, 0.25) is 5.91 Å². The number of benzene rings is 3. The number of aryl methyl sites for hydroxylation is 1. The molecule has 0 spiro atoms. The molecule has 0 radical (unpaired) electrons. The lowest BCUT2D eigenvalue weighted by Gasteiger charge is -2.14. The molecule has 1 aliphatic rings. The van der Waals surface area contributed by atoms with Crippen LogP contribution in [-0.2, 0) is 11.2 Å². The molecule has 8 nitrogen and oxygen atoms in total. The number of carbonyl (C=O) groups is 1. The van der Waals surface area contributed by atoms with Crippen molar-refractivity contribution in [2.75, 3.05) is 19.5 Å². The number of methoxy groups -OCH3 is 2. The van der Waals surface area contributed by atoms with Crippen LogP contribution in [0.3, 0.4) is 0 Å². The second-order valence-corrected chi connectivity index (χ2v) is 8.57. The molecule has 1 aromatic heterocycles. The number of rotatable bonds is 8. The molecule has 1 heterocycles. The van der Waals surface area contributed by atoms with Gasteiger partial charge >= 0.3 is 0 Å². The fraction of sp³-hybridized carbons (Fsp3) is 0.259. The quantitative estimate of drug-likeness (QED) is 0.382. The summed E-state index contributed by atoms with van der Waals surface area (Å²) in [5.74, 6) is 2.05. The fourth-order valence-corrected chi connectivity index (χ4v) is 4.63. The van der Waals surface area contributed by atoms with E-state index < -0.39 is 0 Å². The molecule has 2 N–H and O–H groups in total. The first-order valence-electron chi connectivity index (χ1n) is 11.6. The Hall–Kier alpha value is -4.20. The van der Waals surface area contributed by atoms with Crippen LogP contribution in [0.1, 0.15) is 30.4 Å². The van der Waals surface area contributed by atoms with Crippen molar-refractivity contribution in [3.63, 3.8) is 0 Å². The number of nitrogens with zero attached hydrogens (tertiary/aromatic N) is 3. The number of hydrogen-bond acceptors (Lipinski definition) is 6. The lowest BCUT2D eigenvalue weighted by molar-refractivity contribution is -0.117. The maximum atomic E-state index is 13.1. The molecule has 35 heavy (non-hydrogen) atoms. The second kappa shape index (κ2) is 9.58. The molecule has 4 aromatic rings. The standard InChI is InChI=1S/C27H27N5O3/c1-4-16-7-5-6-8-19(16)21-15-23(21)27(33)28-18-10-11-20(22(14-18)26-29-31-32-30-26)17-9-12-24(34-2)25(13-17)35-3/h5-14,21,23H,4,15H2,1-3H3,(H,28,33)(H,29,30,31,32). The van der Waals surface area contributed by atoms with Gasteiger partial charge in [-0.2, -0.15) is 0 Å². The minimum atomic E-state index is -0.0244. The predicted molar refractivity (Wildman–Crippen MR) is 133 cm³/mol. The van der Waals surface area contributed by atoms with Gasteiger partial charge in [0, 0.05) is 17.2 Å². The summed E-state index contributed by atoms with van der Waals surface area (Å²) in [6, 6.07) is 19.8. The first-order chi connectivity index (χ1) is 17.1. The summed E-state index contributed by atoms with van der Waals surface area (Å²) in [6.45, 7) is 2.15. The molecule has 1 amide bonds. The Morgan fingerprint density at radius 2 is 1.86 bits per heavy atom. The number of H-pyrrole nitrogens is 1. The zero-order valence-electron chi connectivity index (χ0n) is 19.9. The van der Waals surface area contributed by atoms with Crippen molar-refractivity contribution in [1.82, 2.24) is 20.6 Å². The average Bonchev–Trinajstić information content (AvgIpc) is 3.52. The summed E-state index contributed by atoms with van der Waals surface area (Å²) >= 11 is 0. The molecule has 5 rings (SSSR count). The van der Waals surface area contributed by atoms with Crippen molar-refractivity contribution in [2.45, 2.75) is 25.7 Å². The lowest BCUT2D eigenvalue weighted by atomic mass is 9.98. The van der Waals surface area contributed by atoms with Crippen LogP contribution in [0, 0.1) is 5.92 Å². The van der Waals surface area contributed by atoms with Crippen molar-refractivity contribution in [3.8, 4) is 34.0 Å². The third kappa shape index (κ3) is 4.47. The van der Waals surface area contributed by atoms with E-state index in [1.807, 2.05) is 42.5 Å². The fourth-order valence-electron chi connectivity index (χ4n) is 4.63. The molecular formula is C27H27N5O3. The van der Waals surface area contributed by atoms with Crippen LogP contribution in [0.4, 0.5) is 5.69 Å². The summed E-state index contributed by atoms with van der Waals surface area (Å²) in [4.78, 5) is 13.1. The van der Waals surface area contributed by atoms with E-state index in [-0.39, 0.29) is 17.7 Å². The van der Waals surface area contributed by atoms with Crippen molar-refractivity contribution >= 4 is 11.6 Å². The number of aromatic nitrogens is 4. The monoisotopic (exact) mass is 469 g/mol. The van der Waals surface area contributed by atoms with Crippen molar-refractivity contribution in [1.29, 1.82) is 0 Å². The van der Waals surface area contributed by atoms with Gasteiger partial charge in [-0.25, -0.2) is 5.10 Å². The predicted octanol–water partition coefficient (Wildman–Crippen LogP) is 4.86. The van der Waals surface area contributed by atoms with E-state index in [0.29, 0.717) is 23.0 Å². The van der Waals surface area contributed by atoms with Gasteiger partial charge in [0.05, 0.1) is 14.2 Å². The van der Waals surface area contributed by atoms with Crippen molar-refractivity contribution in [3.05, 3.63) is 71.8 Å². The molecule has 1 fully saturated rings. The number of tetrazole rings is 1. The average molecular weight is 470 g/mol. The van der Waals surface area contributed by atoms with Gasteiger partial charge in [-0.1, -0.05) is 43.3 Å². The van der Waals surface area contributed by atoms with Crippen LogP contribution < -0.4 is 14.8 Å². The SMILES string of the molecule is CCc1ccccc1C1CC1C(=O)Nc1ccc(-c2ccc(OC)c(OC)c2)c(-c2nnn[nH]2)c1. The lowest BCUT2D eigenvalue weighted by Crippen LogP contribution is -2.15. The van der Waals surface area contributed by atoms with Crippen LogP contribution in [0.5, 0.6) is 11.5 Å². The Bertz CT molecular complexity index is 1350. The largest absolute Gasteiger partial charge is 0.493 e. The van der Waals surface area contributed by atoms with Crippen LogP contribution in [-0.4, -0.2) is 40.8 Å². The molecule has 3 aromatic carbocycles. The first kappa shape index (κ1) is 22.6. The molecular weight excluding hydrogens is 442 g/mol. The summed E-state index contributed by atoms with van der Waals surface area (Å²) in [5, 5.41) is 17.5. The Morgan fingerprint density at radius 1 is 1.03 bits per heavy atom. The highest BCUT2D eigenvalue weighted by molar-refractivity contribution is 5.97. The van der Waals surface area contributed by atoms with Crippen LogP contribution in [0.2, 0.25) is 0 Å². The summed E-state index contributed by atoms with van der Waals surface area (Å²) < 4.78 is 10.8. The molecule has 2 unspecified atom stereocenters. The van der Waals surface area contributed by atoms with E-state index in [1.165, 1.54) is 11.1 Å². The number of amides is 1. The highest BCUT2D eigenvalue weighted by Crippen LogP contribution is 2.49. The van der Waals surface area contributed by atoms with Gasteiger partial charge in [-0.05, 0) is 75.7 Å². The zero-order valence-corrected chi connectivity index (χ0v) is 19.9. The Morgan fingerprint density at radius 3 is 2.60 bits per heavy atom. The maximum absolute atomic E-state index is 13.1. The molecule has 0 saturated heterocycles. The van der Waals surface area contributed by atoms with Crippen molar-refractivity contribution < 1.29 is 14.3 Å². The summed E-state index contributed by atoms with van der Waals surface area (Å²) in [7, 11) is 3.21. The van der Waals surface area contributed by atoms with Gasteiger partial charge < -0.3 is 14.8 Å². The molecule has 0 bridgehead atoms. The maximum Gasteiger partial charge on any atom is 0.228 e. The normalized spacial score (nSPS) is 16.5. The van der Waals surface area contributed by atoms with Gasteiger partial charge in [-0.15, -0.1) is 5.10 Å². The second-order valence-electron chi connectivity index (χ2n) is 8.57. The number of nitrogens with one attached hydrogen (secondary N) is 2. The Labute approximate surface area is 203 Å². The number of aromatic amines is 1. The van der Waals surface area contributed by atoms with E-state index in [1.54, 1.807) is 14.2 Å². The van der Waals surface area contributed by atoms with E-state index in [4.69, 9.17) is 9.47 Å². The Kier molecular flexibility index (Phi) is 6.18. The van der Waals surface area contributed by atoms with Gasteiger partial charge in [0.15, 0.2) is 17.3 Å². The molecule has 8 heteroatoms. The van der Waals surface area contributed by atoms with Gasteiger partial charge in [-0.3, -0.25) is 4.79 Å². The topological polar surface area (TPSA) is 102 Å². The minimum absolute atomic E-state index is 0.0244. The van der Waals surface area contributed by atoms with Crippen LogP contribution in [0.15, 0.2) is 60.7 Å². The molecule has 2 atom stereocenters.